The lowest BCUT2D eigenvalue weighted by Gasteiger charge is -2.31. The Balaban J connectivity index is 2.40. The fourth-order valence-electron chi connectivity index (χ4n) is 5.08. The van der Waals surface area contributed by atoms with Gasteiger partial charge in [-0.2, -0.15) is 0 Å². The van der Waals surface area contributed by atoms with Crippen LogP contribution in [0.25, 0.3) is 0 Å². The lowest BCUT2D eigenvalue weighted by atomic mass is 9.89. The van der Waals surface area contributed by atoms with Crippen molar-refractivity contribution in [3.63, 3.8) is 0 Å². The Morgan fingerprint density at radius 1 is 0.676 bits per heavy atom. The molecule has 0 heterocycles. The Morgan fingerprint density at radius 2 is 1.21 bits per heavy atom. The smallest absolute Gasteiger partial charge is 0.0205 e. The molecule has 1 atom stereocenters. The lowest BCUT2D eigenvalue weighted by molar-refractivity contribution is 0.294. The summed E-state index contributed by atoms with van der Waals surface area (Å²) < 4.78 is 0. The number of hydrogen-bond acceptors (Lipinski definition) is 2. The van der Waals surface area contributed by atoms with E-state index in [4.69, 9.17) is 0 Å². The van der Waals surface area contributed by atoms with E-state index >= 15 is 0 Å². The second-order valence-electron chi connectivity index (χ2n) is 11.1. The molecule has 0 saturated heterocycles. The zero-order valence-electron chi connectivity index (χ0n) is 23.8. The number of nitrogens with one attached hydrogen (secondary N) is 2. The van der Waals surface area contributed by atoms with Crippen LogP contribution in [0.3, 0.4) is 0 Å². The fourth-order valence-corrected chi connectivity index (χ4v) is 5.08. The third-order valence-corrected chi connectivity index (χ3v) is 7.60. The van der Waals surface area contributed by atoms with E-state index in [0.717, 1.165) is 25.4 Å². The Hall–Kier alpha value is -0.860. The minimum Gasteiger partial charge on any atom is -0.312 e. The zero-order valence-corrected chi connectivity index (χ0v) is 23.8. The maximum absolute atomic E-state index is 3.91. The van der Waals surface area contributed by atoms with E-state index in [1.807, 2.05) is 0 Å². The third kappa shape index (κ3) is 15.2. The normalized spacial score (nSPS) is 12.9. The maximum Gasteiger partial charge on any atom is 0.0205 e. The van der Waals surface area contributed by atoms with Crippen LogP contribution >= 0.6 is 0 Å². The molecule has 34 heavy (non-hydrogen) atoms. The molecule has 0 radical (unpaired) electrons. The van der Waals surface area contributed by atoms with Crippen LogP contribution in [0, 0.1) is 5.92 Å². The SMILES string of the molecule is CCCCCCC(CCCCC)CNCc1ccc(CCNC(C)(CCCC)CCCC)cc1. The average Bonchev–Trinajstić information content (AvgIpc) is 2.85. The summed E-state index contributed by atoms with van der Waals surface area (Å²) in [5.74, 6) is 0.850. The van der Waals surface area contributed by atoms with Crippen LogP contribution in [0.4, 0.5) is 0 Å². The Bertz CT molecular complexity index is 557. The van der Waals surface area contributed by atoms with Gasteiger partial charge in [-0.15, -0.1) is 0 Å². The van der Waals surface area contributed by atoms with Gasteiger partial charge in [-0.1, -0.05) is 123 Å². The molecular formula is C32H60N2. The highest BCUT2D eigenvalue weighted by Crippen LogP contribution is 2.21. The van der Waals surface area contributed by atoms with Gasteiger partial charge in [0.15, 0.2) is 0 Å². The minimum absolute atomic E-state index is 0.306. The van der Waals surface area contributed by atoms with Gasteiger partial charge in [0.2, 0.25) is 0 Å². The van der Waals surface area contributed by atoms with Crippen LogP contribution in [0.1, 0.15) is 142 Å². The molecule has 0 aliphatic carbocycles. The third-order valence-electron chi connectivity index (χ3n) is 7.60. The highest BCUT2D eigenvalue weighted by Gasteiger charge is 2.21. The Morgan fingerprint density at radius 3 is 1.79 bits per heavy atom. The number of unbranched alkanes of at least 4 members (excludes halogenated alkanes) is 7. The molecule has 0 saturated carbocycles. The second-order valence-corrected chi connectivity index (χ2v) is 11.1. The van der Waals surface area contributed by atoms with E-state index in [9.17, 15) is 0 Å². The van der Waals surface area contributed by atoms with Gasteiger partial charge in [0, 0.05) is 12.1 Å². The fraction of sp³-hybridized carbons (Fsp3) is 0.812. The van der Waals surface area contributed by atoms with Gasteiger partial charge in [0.05, 0.1) is 0 Å². The van der Waals surface area contributed by atoms with Gasteiger partial charge in [0.1, 0.15) is 0 Å². The first-order valence-corrected chi connectivity index (χ1v) is 15.1. The first-order valence-electron chi connectivity index (χ1n) is 15.1. The van der Waals surface area contributed by atoms with Gasteiger partial charge in [0.25, 0.3) is 0 Å². The van der Waals surface area contributed by atoms with Crippen LogP contribution in [-0.4, -0.2) is 18.6 Å². The van der Waals surface area contributed by atoms with Gasteiger partial charge in [-0.05, 0) is 69.2 Å². The molecule has 0 aliphatic heterocycles. The second kappa shape index (κ2) is 20.3. The summed E-state index contributed by atoms with van der Waals surface area (Å²) in [6, 6.07) is 9.36. The Labute approximate surface area is 214 Å². The van der Waals surface area contributed by atoms with E-state index < -0.39 is 0 Å². The molecule has 198 valence electrons. The van der Waals surface area contributed by atoms with Crippen molar-refractivity contribution in [2.45, 2.75) is 149 Å². The molecule has 0 bridgehead atoms. The molecule has 1 aromatic carbocycles. The quantitative estimate of drug-likeness (QED) is 0.155. The topological polar surface area (TPSA) is 24.1 Å². The van der Waals surface area contributed by atoms with Crippen LogP contribution in [0.2, 0.25) is 0 Å². The van der Waals surface area contributed by atoms with E-state index in [1.165, 1.54) is 114 Å². The summed E-state index contributed by atoms with van der Waals surface area (Å²) in [5.41, 5.74) is 3.18. The summed E-state index contributed by atoms with van der Waals surface area (Å²) in [6.45, 7) is 14.9. The predicted octanol–water partition coefficient (Wildman–Crippen LogP) is 9.21. The summed E-state index contributed by atoms with van der Waals surface area (Å²) >= 11 is 0. The van der Waals surface area contributed by atoms with Crippen molar-refractivity contribution in [1.29, 1.82) is 0 Å². The minimum atomic E-state index is 0.306. The van der Waals surface area contributed by atoms with E-state index in [1.54, 1.807) is 0 Å². The number of benzene rings is 1. The number of rotatable bonds is 23. The molecule has 0 spiro atoms. The monoisotopic (exact) mass is 472 g/mol. The molecule has 0 aliphatic rings. The first kappa shape index (κ1) is 31.2. The highest BCUT2D eigenvalue weighted by atomic mass is 15.0. The van der Waals surface area contributed by atoms with Gasteiger partial charge in [-0.25, -0.2) is 0 Å². The van der Waals surface area contributed by atoms with Crippen molar-refractivity contribution in [3.8, 4) is 0 Å². The zero-order chi connectivity index (χ0) is 24.9. The van der Waals surface area contributed by atoms with Crippen molar-refractivity contribution in [1.82, 2.24) is 10.6 Å². The van der Waals surface area contributed by atoms with E-state index in [2.05, 4.69) is 69.5 Å². The highest BCUT2D eigenvalue weighted by molar-refractivity contribution is 5.22. The largest absolute Gasteiger partial charge is 0.312 e. The number of hydrogen-bond donors (Lipinski definition) is 2. The van der Waals surface area contributed by atoms with Crippen LogP contribution < -0.4 is 10.6 Å². The lowest BCUT2D eigenvalue weighted by Crippen LogP contribution is -2.43. The molecule has 0 amide bonds. The standard InChI is InChI=1S/C32H60N2/c1-6-10-14-16-18-30(17-15-11-7-2)27-33-28-31-21-19-29(20-22-31)23-26-34-32(5,24-12-8-3)25-13-9-4/h19-22,30,33-34H,6-18,23-28H2,1-5H3. The van der Waals surface area contributed by atoms with Crippen molar-refractivity contribution >= 4 is 0 Å². The summed E-state index contributed by atoms with van der Waals surface area (Å²) in [6.07, 6.45) is 21.4. The van der Waals surface area contributed by atoms with Gasteiger partial charge in [-0.3, -0.25) is 0 Å². The molecule has 1 aromatic rings. The molecule has 2 N–H and O–H groups in total. The van der Waals surface area contributed by atoms with Crippen molar-refractivity contribution in [2.24, 2.45) is 5.92 Å². The maximum atomic E-state index is 3.91. The molecule has 1 unspecified atom stereocenters. The summed E-state index contributed by atoms with van der Waals surface area (Å²) in [7, 11) is 0. The van der Waals surface area contributed by atoms with E-state index in [0.29, 0.717) is 5.54 Å². The average molecular weight is 473 g/mol. The van der Waals surface area contributed by atoms with Crippen LogP contribution in [0.5, 0.6) is 0 Å². The van der Waals surface area contributed by atoms with Crippen LogP contribution in [-0.2, 0) is 13.0 Å². The van der Waals surface area contributed by atoms with Crippen molar-refractivity contribution in [2.75, 3.05) is 13.1 Å². The van der Waals surface area contributed by atoms with Crippen molar-refractivity contribution in [3.05, 3.63) is 35.4 Å². The molecule has 2 heteroatoms. The van der Waals surface area contributed by atoms with E-state index in [-0.39, 0.29) is 0 Å². The van der Waals surface area contributed by atoms with Gasteiger partial charge >= 0.3 is 0 Å². The summed E-state index contributed by atoms with van der Waals surface area (Å²) in [5, 5.41) is 7.69. The molecule has 0 fully saturated rings. The predicted molar refractivity (Wildman–Crippen MR) is 154 cm³/mol. The van der Waals surface area contributed by atoms with Gasteiger partial charge < -0.3 is 10.6 Å². The van der Waals surface area contributed by atoms with Crippen LogP contribution in [0.15, 0.2) is 24.3 Å². The molecule has 1 rings (SSSR count). The summed E-state index contributed by atoms with van der Waals surface area (Å²) in [4.78, 5) is 0. The molecule has 0 aromatic heterocycles. The Kier molecular flexibility index (Phi) is 18.7. The molecular weight excluding hydrogens is 412 g/mol. The van der Waals surface area contributed by atoms with Crippen molar-refractivity contribution < 1.29 is 0 Å². The molecule has 2 nitrogen and oxygen atoms in total. The first-order chi connectivity index (χ1) is 16.6.